The molecule has 336 valence electrons. The number of hydrogen-bond donors (Lipinski definition) is 0. The van der Waals surface area contributed by atoms with Crippen molar-refractivity contribution < 1.29 is 0 Å². The Bertz CT molecular complexity index is 2680. The van der Waals surface area contributed by atoms with Crippen molar-refractivity contribution in [2.75, 3.05) is 0 Å². The Morgan fingerprint density at radius 1 is 0.167 bits per heavy atom. The summed E-state index contributed by atoms with van der Waals surface area (Å²) in [5, 5.41) is 0. The van der Waals surface area contributed by atoms with Crippen LogP contribution in [0.4, 0.5) is 0 Å². The van der Waals surface area contributed by atoms with Gasteiger partial charge in [0.05, 0.1) is 0 Å². The highest BCUT2D eigenvalue weighted by molar-refractivity contribution is 5.70. The maximum absolute atomic E-state index is 2.22. The van der Waals surface area contributed by atoms with Crippen LogP contribution in [0.2, 0.25) is 0 Å². The molecule has 0 spiro atoms. The van der Waals surface area contributed by atoms with E-state index < -0.39 is 0 Å². The lowest BCUT2D eigenvalue weighted by atomic mass is 10.00. The van der Waals surface area contributed by atoms with Crippen LogP contribution in [-0.4, -0.2) is 0 Å². The van der Waals surface area contributed by atoms with Gasteiger partial charge in [-0.2, -0.15) is 0 Å². The van der Waals surface area contributed by atoms with E-state index in [4.69, 9.17) is 0 Å². The molecule has 9 aromatic rings. The summed E-state index contributed by atoms with van der Waals surface area (Å²) in [6.45, 7) is 25.6. The molecule has 0 fully saturated rings. The van der Waals surface area contributed by atoms with E-state index in [1.807, 2.05) is 30.3 Å². The van der Waals surface area contributed by atoms with Gasteiger partial charge in [0.25, 0.3) is 0 Å². The zero-order chi connectivity index (χ0) is 47.8. The van der Waals surface area contributed by atoms with E-state index in [0.717, 1.165) is 0 Å². The third-order valence-corrected chi connectivity index (χ3v) is 11.8. The minimum Gasteiger partial charge on any atom is -0.0622 e. The molecule has 0 radical (unpaired) electrons. The molecule has 0 nitrogen and oxygen atoms in total. The average Bonchev–Trinajstić information content (AvgIpc) is 3.33. The molecule has 0 amide bonds. The number of rotatable bonds is 3. The maximum atomic E-state index is 2.22. The van der Waals surface area contributed by atoms with Gasteiger partial charge in [-0.1, -0.05) is 241 Å². The fourth-order valence-electron chi connectivity index (χ4n) is 6.96. The first-order chi connectivity index (χ1) is 31.7. The van der Waals surface area contributed by atoms with Gasteiger partial charge in [-0.3, -0.25) is 0 Å². The second kappa shape index (κ2) is 27.3. The molecule has 0 aliphatic rings. The Labute approximate surface area is 399 Å². The van der Waals surface area contributed by atoms with Crippen molar-refractivity contribution in [3.63, 3.8) is 0 Å². The second-order valence-electron chi connectivity index (χ2n) is 17.3. The highest BCUT2D eigenvalue weighted by Crippen LogP contribution is 2.25. The summed E-state index contributed by atoms with van der Waals surface area (Å²) in [4.78, 5) is 0. The lowest BCUT2D eigenvalue weighted by molar-refractivity contribution is 1.23. The van der Waals surface area contributed by atoms with Gasteiger partial charge in [0.2, 0.25) is 0 Å². The summed E-state index contributed by atoms with van der Waals surface area (Å²) < 4.78 is 0. The molecule has 0 unspecified atom stereocenters. The van der Waals surface area contributed by atoms with Crippen LogP contribution in [0.3, 0.4) is 0 Å². The summed E-state index contributed by atoms with van der Waals surface area (Å²) in [6, 6.07) is 76.3. The third-order valence-electron chi connectivity index (χ3n) is 11.8. The van der Waals surface area contributed by atoms with Crippen molar-refractivity contribution in [2.24, 2.45) is 0 Å². The molecular formula is C66H72. The van der Waals surface area contributed by atoms with E-state index in [1.54, 1.807) is 0 Å². The molecule has 0 atom stereocenters. The first-order valence-corrected chi connectivity index (χ1v) is 23.2. The summed E-state index contributed by atoms with van der Waals surface area (Å²) in [5.41, 5.74) is 24.0. The zero-order valence-corrected chi connectivity index (χ0v) is 41.8. The largest absolute Gasteiger partial charge is 0.0622 e. The number of benzene rings is 9. The van der Waals surface area contributed by atoms with E-state index >= 15 is 0 Å². The molecule has 0 aliphatic carbocycles. The van der Waals surface area contributed by atoms with Crippen LogP contribution in [0.5, 0.6) is 0 Å². The van der Waals surface area contributed by atoms with Crippen molar-refractivity contribution in [2.45, 2.75) is 83.1 Å². The lowest BCUT2D eigenvalue weighted by Gasteiger charge is -2.05. The maximum Gasteiger partial charge on any atom is -0.0184 e. The molecule has 0 heterocycles. The predicted octanol–water partition coefficient (Wildman–Crippen LogP) is 18.8. The molecule has 0 heteroatoms. The van der Waals surface area contributed by atoms with Crippen molar-refractivity contribution in [3.05, 3.63) is 285 Å². The molecule has 9 aromatic carbocycles. The standard InChI is InChI=1S/C19H16.C13H12.C10H14.C9H12.C8H10.C7H8/c1-15-7-9-17(10-8-15)19-13-11-18(12-14-19)16-5-3-2-4-6-16;1-11-7-9-13(10-8-11)12-5-3-2-4-6-12;1-7-5-8(2)10(4)9(3)6-7;1-7-5-4-6-8(2)9(7)3;1-7-5-3-4-6-8(7)2;1-7-5-3-2-4-6-7/h2-14H,1H3;2-10H,1H3;5-6H,1-4H3;4-6H,1-3H3;3-6H,1-2H3;2-6H,1H3. The van der Waals surface area contributed by atoms with Crippen LogP contribution >= 0.6 is 0 Å². The lowest BCUT2D eigenvalue weighted by Crippen LogP contribution is -1.86. The van der Waals surface area contributed by atoms with Gasteiger partial charge in [-0.15, -0.1) is 0 Å². The first-order valence-electron chi connectivity index (χ1n) is 23.2. The van der Waals surface area contributed by atoms with Gasteiger partial charge >= 0.3 is 0 Å². The minimum atomic E-state index is 1.26. The molecule has 0 saturated carbocycles. The zero-order valence-electron chi connectivity index (χ0n) is 41.8. The Hall–Kier alpha value is -7.02. The summed E-state index contributed by atoms with van der Waals surface area (Å²) >= 11 is 0. The number of aryl methyl sites for hydroxylation is 10. The molecule has 0 aliphatic heterocycles. The van der Waals surface area contributed by atoms with Crippen molar-refractivity contribution >= 4 is 0 Å². The van der Waals surface area contributed by atoms with E-state index in [9.17, 15) is 0 Å². The van der Waals surface area contributed by atoms with Crippen molar-refractivity contribution in [1.29, 1.82) is 0 Å². The van der Waals surface area contributed by atoms with Crippen LogP contribution in [0.1, 0.15) is 66.8 Å². The summed E-state index contributed by atoms with van der Waals surface area (Å²) in [5.74, 6) is 0. The fourth-order valence-corrected chi connectivity index (χ4v) is 6.96. The predicted molar refractivity (Wildman–Crippen MR) is 292 cm³/mol. The SMILES string of the molecule is Cc1cc(C)c(C)c(C)c1.Cc1ccc(-c2ccc(-c3ccccc3)cc2)cc1.Cc1ccc(-c2ccccc2)cc1.Cc1cccc(C)c1C.Cc1ccccc1.Cc1ccccc1C. The van der Waals surface area contributed by atoms with E-state index in [0.29, 0.717) is 0 Å². The van der Waals surface area contributed by atoms with Gasteiger partial charge in [-0.05, 0) is 161 Å². The van der Waals surface area contributed by atoms with E-state index in [1.165, 1.54) is 100 Å². The summed E-state index contributed by atoms with van der Waals surface area (Å²) in [6.07, 6.45) is 0. The monoisotopic (exact) mass is 865 g/mol. The topological polar surface area (TPSA) is 0 Å². The molecule has 0 saturated heterocycles. The van der Waals surface area contributed by atoms with E-state index in [2.05, 4.69) is 271 Å². The van der Waals surface area contributed by atoms with E-state index in [-0.39, 0.29) is 0 Å². The van der Waals surface area contributed by atoms with Crippen LogP contribution in [-0.2, 0) is 0 Å². The molecule has 9 rings (SSSR count). The third kappa shape index (κ3) is 17.9. The van der Waals surface area contributed by atoms with Gasteiger partial charge in [0, 0.05) is 0 Å². The Kier molecular flexibility index (Phi) is 21.4. The van der Waals surface area contributed by atoms with Crippen LogP contribution in [0.25, 0.3) is 33.4 Å². The normalized spacial score (nSPS) is 9.82. The van der Waals surface area contributed by atoms with Gasteiger partial charge in [0.15, 0.2) is 0 Å². The molecule has 66 heavy (non-hydrogen) atoms. The van der Waals surface area contributed by atoms with Gasteiger partial charge in [0.1, 0.15) is 0 Å². The van der Waals surface area contributed by atoms with Crippen molar-refractivity contribution in [3.8, 4) is 33.4 Å². The second-order valence-corrected chi connectivity index (χ2v) is 17.3. The Balaban J connectivity index is 0.000000180. The molecule has 0 N–H and O–H groups in total. The average molecular weight is 865 g/mol. The summed E-state index contributed by atoms with van der Waals surface area (Å²) in [7, 11) is 0. The van der Waals surface area contributed by atoms with Gasteiger partial charge < -0.3 is 0 Å². The van der Waals surface area contributed by atoms with Crippen LogP contribution in [0.15, 0.2) is 218 Å². The quantitative estimate of drug-likeness (QED) is 0.166. The van der Waals surface area contributed by atoms with Crippen LogP contribution < -0.4 is 0 Å². The van der Waals surface area contributed by atoms with Gasteiger partial charge in [-0.25, -0.2) is 0 Å². The fraction of sp³-hybridized carbons (Fsp3) is 0.182. The highest BCUT2D eigenvalue weighted by Gasteiger charge is 2.00. The highest BCUT2D eigenvalue weighted by atomic mass is 14.1. The number of hydrogen-bond acceptors (Lipinski definition) is 0. The van der Waals surface area contributed by atoms with Crippen molar-refractivity contribution in [1.82, 2.24) is 0 Å². The molecule has 0 aromatic heterocycles. The smallest absolute Gasteiger partial charge is 0.0184 e. The Morgan fingerprint density at radius 2 is 0.409 bits per heavy atom. The Morgan fingerprint density at radius 3 is 0.697 bits per heavy atom. The molecular weight excluding hydrogens is 793 g/mol. The molecule has 0 bridgehead atoms. The first kappa shape index (κ1) is 51.6. The van der Waals surface area contributed by atoms with Crippen LogP contribution in [0, 0.1) is 83.1 Å². The minimum absolute atomic E-state index is 1.26.